The van der Waals surface area contributed by atoms with Gasteiger partial charge < -0.3 is 14.7 Å². The van der Waals surface area contributed by atoms with Crippen LogP contribution in [0.4, 0.5) is 0 Å². The number of ether oxygens (including phenoxy) is 1. The number of aromatic nitrogens is 3. The second kappa shape index (κ2) is 7.86. The van der Waals surface area contributed by atoms with Crippen molar-refractivity contribution in [1.82, 2.24) is 19.7 Å². The number of carbonyl (C=O) groups is 1. The molecule has 3 rings (SSSR count). The summed E-state index contributed by atoms with van der Waals surface area (Å²) in [6, 6.07) is 5.70. The Morgan fingerprint density at radius 3 is 2.85 bits per heavy atom. The minimum atomic E-state index is 0.0166. The van der Waals surface area contributed by atoms with E-state index in [9.17, 15) is 9.90 Å². The number of aliphatic hydroxyl groups is 1. The van der Waals surface area contributed by atoms with Gasteiger partial charge >= 0.3 is 0 Å². The Morgan fingerprint density at radius 2 is 2.19 bits per heavy atom. The smallest absolute Gasteiger partial charge is 0.228 e. The number of pyridine rings is 1. The van der Waals surface area contributed by atoms with Crippen molar-refractivity contribution < 1.29 is 14.6 Å². The molecule has 0 radical (unpaired) electrons. The molecule has 0 saturated carbocycles. The van der Waals surface area contributed by atoms with Crippen molar-refractivity contribution in [3.63, 3.8) is 0 Å². The van der Waals surface area contributed by atoms with Crippen LogP contribution in [0.1, 0.15) is 37.1 Å². The molecule has 140 valence electrons. The van der Waals surface area contributed by atoms with Gasteiger partial charge in [0.2, 0.25) is 11.8 Å². The summed E-state index contributed by atoms with van der Waals surface area (Å²) < 4.78 is 7.03. The maximum absolute atomic E-state index is 12.7. The van der Waals surface area contributed by atoms with E-state index in [1.807, 2.05) is 34.1 Å². The zero-order valence-corrected chi connectivity index (χ0v) is 15.5. The van der Waals surface area contributed by atoms with Crippen molar-refractivity contribution in [2.45, 2.75) is 32.2 Å². The molecule has 0 unspecified atom stereocenters. The third kappa shape index (κ3) is 3.88. The Balaban J connectivity index is 1.70. The van der Waals surface area contributed by atoms with Crippen molar-refractivity contribution in [2.24, 2.45) is 5.92 Å². The number of rotatable bonds is 6. The van der Waals surface area contributed by atoms with Crippen LogP contribution in [0.25, 0.3) is 0 Å². The first-order valence-electron chi connectivity index (χ1n) is 8.94. The second-order valence-electron chi connectivity index (χ2n) is 7.04. The summed E-state index contributed by atoms with van der Waals surface area (Å²) in [5.74, 6) is 0.656. The number of hydrogen-bond donors (Lipinski definition) is 1. The van der Waals surface area contributed by atoms with Gasteiger partial charge in [0.15, 0.2) is 0 Å². The quantitative estimate of drug-likeness (QED) is 0.849. The number of methoxy groups -OCH3 is 1. The van der Waals surface area contributed by atoms with Crippen LogP contribution in [-0.4, -0.2) is 57.5 Å². The molecule has 2 aromatic heterocycles. The van der Waals surface area contributed by atoms with Crippen LogP contribution in [0, 0.1) is 5.92 Å². The number of amides is 1. The minimum Gasteiger partial charge on any atom is -0.481 e. The van der Waals surface area contributed by atoms with Gasteiger partial charge in [-0.2, -0.15) is 5.10 Å². The molecule has 7 nitrogen and oxygen atoms in total. The number of carbonyl (C=O) groups excluding carboxylic acids is 1. The molecule has 0 aliphatic carbocycles. The third-order valence-corrected chi connectivity index (χ3v) is 4.93. The van der Waals surface area contributed by atoms with Crippen LogP contribution in [-0.2, 0) is 11.2 Å². The summed E-state index contributed by atoms with van der Waals surface area (Å²) in [7, 11) is 1.56. The maximum Gasteiger partial charge on any atom is 0.228 e. The van der Waals surface area contributed by atoms with Crippen molar-refractivity contribution >= 4 is 5.91 Å². The standard InChI is InChI=1S/C19H26N4O3/c1-13(2)23-10-14(8-20-23)17-11-22(9-15(17)12-24)19(25)7-16-5-4-6-18(21-16)26-3/h4-6,8,10,13,15,17,24H,7,9,11-12H2,1-3H3/t15-,17-/m0/s1. The molecule has 26 heavy (non-hydrogen) atoms. The van der Waals surface area contributed by atoms with Gasteiger partial charge in [-0.15, -0.1) is 0 Å². The average Bonchev–Trinajstić information content (AvgIpc) is 3.28. The topological polar surface area (TPSA) is 80.5 Å². The Morgan fingerprint density at radius 1 is 1.38 bits per heavy atom. The van der Waals surface area contributed by atoms with Gasteiger partial charge in [0.05, 0.1) is 25.4 Å². The molecular weight excluding hydrogens is 332 g/mol. The molecule has 2 atom stereocenters. The van der Waals surface area contributed by atoms with Crippen LogP contribution in [0.2, 0.25) is 0 Å². The first-order chi connectivity index (χ1) is 12.5. The molecule has 1 fully saturated rings. The molecule has 0 aromatic carbocycles. The van der Waals surface area contributed by atoms with Gasteiger partial charge in [-0.3, -0.25) is 9.48 Å². The molecule has 1 saturated heterocycles. The molecule has 2 aromatic rings. The minimum absolute atomic E-state index is 0.0166. The second-order valence-corrected chi connectivity index (χ2v) is 7.04. The van der Waals surface area contributed by atoms with Crippen molar-refractivity contribution in [3.8, 4) is 5.88 Å². The fourth-order valence-corrected chi connectivity index (χ4v) is 3.40. The fraction of sp³-hybridized carbons (Fsp3) is 0.526. The predicted molar refractivity (Wildman–Crippen MR) is 97.0 cm³/mol. The van der Waals surface area contributed by atoms with E-state index >= 15 is 0 Å². The average molecular weight is 358 g/mol. The van der Waals surface area contributed by atoms with Gasteiger partial charge in [0, 0.05) is 49.8 Å². The van der Waals surface area contributed by atoms with E-state index in [1.54, 1.807) is 13.2 Å². The highest BCUT2D eigenvalue weighted by atomic mass is 16.5. The van der Waals surface area contributed by atoms with E-state index in [4.69, 9.17) is 4.74 Å². The van der Waals surface area contributed by atoms with Crippen LogP contribution in [0.3, 0.4) is 0 Å². The van der Waals surface area contributed by atoms with Gasteiger partial charge in [0.25, 0.3) is 0 Å². The predicted octanol–water partition coefficient (Wildman–Crippen LogP) is 1.64. The van der Waals surface area contributed by atoms with Gasteiger partial charge in [0.1, 0.15) is 0 Å². The molecule has 1 N–H and O–H groups in total. The summed E-state index contributed by atoms with van der Waals surface area (Å²) in [6.45, 7) is 5.35. The van der Waals surface area contributed by atoms with E-state index < -0.39 is 0 Å². The Hall–Kier alpha value is -2.41. The molecule has 0 spiro atoms. The Labute approximate surface area is 153 Å². The molecule has 3 heterocycles. The molecule has 0 bridgehead atoms. The number of aliphatic hydroxyl groups excluding tert-OH is 1. The third-order valence-electron chi connectivity index (χ3n) is 4.93. The molecule has 7 heteroatoms. The molecule has 1 aliphatic rings. The van der Waals surface area contributed by atoms with Gasteiger partial charge in [-0.25, -0.2) is 4.98 Å². The van der Waals surface area contributed by atoms with Crippen LogP contribution < -0.4 is 4.74 Å². The summed E-state index contributed by atoms with van der Waals surface area (Å²) in [4.78, 5) is 18.8. The van der Waals surface area contributed by atoms with E-state index in [1.165, 1.54) is 0 Å². The van der Waals surface area contributed by atoms with E-state index in [-0.39, 0.29) is 36.8 Å². The molecular formula is C19H26N4O3. The fourth-order valence-electron chi connectivity index (χ4n) is 3.40. The maximum atomic E-state index is 12.7. The zero-order chi connectivity index (χ0) is 18.7. The van der Waals surface area contributed by atoms with Crippen molar-refractivity contribution in [3.05, 3.63) is 41.9 Å². The van der Waals surface area contributed by atoms with Crippen LogP contribution in [0.5, 0.6) is 5.88 Å². The molecule has 1 amide bonds. The van der Waals surface area contributed by atoms with Gasteiger partial charge in [-0.05, 0) is 25.5 Å². The Bertz CT molecular complexity index is 759. The number of likely N-dealkylation sites (tertiary alicyclic amines) is 1. The van der Waals surface area contributed by atoms with E-state index in [2.05, 4.69) is 23.9 Å². The summed E-state index contributed by atoms with van der Waals surface area (Å²) in [5.41, 5.74) is 1.76. The lowest BCUT2D eigenvalue weighted by molar-refractivity contribution is -0.129. The number of hydrogen-bond acceptors (Lipinski definition) is 5. The summed E-state index contributed by atoms with van der Waals surface area (Å²) >= 11 is 0. The lowest BCUT2D eigenvalue weighted by Gasteiger charge is -2.16. The summed E-state index contributed by atoms with van der Waals surface area (Å²) in [6.07, 6.45) is 4.10. The largest absolute Gasteiger partial charge is 0.481 e. The first kappa shape index (κ1) is 18.4. The van der Waals surface area contributed by atoms with Crippen molar-refractivity contribution in [2.75, 3.05) is 26.8 Å². The zero-order valence-electron chi connectivity index (χ0n) is 15.5. The first-order valence-corrected chi connectivity index (χ1v) is 8.94. The lowest BCUT2D eigenvalue weighted by Crippen LogP contribution is -2.30. The molecule has 1 aliphatic heterocycles. The van der Waals surface area contributed by atoms with E-state index in [0.717, 1.165) is 5.56 Å². The van der Waals surface area contributed by atoms with Crippen LogP contribution >= 0.6 is 0 Å². The van der Waals surface area contributed by atoms with Crippen LogP contribution in [0.15, 0.2) is 30.6 Å². The van der Waals surface area contributed by atoms with Crippen molar-refractivity contribution in [1.29, 1.82) is 0 Å². The lowest BCUT2D eigenvalue weighted by atomic mass is 9.92. The highest BCUT2D eigenvalue weighted by Crippen LogP contribution is 2.33. The summed E-state index contributed by atoms with van der Waals surface area (Å²) in [5, 5.41) is 14.2. The van der Waals surface area contributed by atoms with Gasteiger partial charge in [-0.1, -0.05) is 6.07 Å². The SMILES string of the molecule is COc1cccc(CC(=O)N2C[C@@H](CO)[C@H](c3cnn(C(C)C)c3)C2)n1. The number of nitrogens with zero attached hydrogens (tertiary/aromatic N) is 4. The normalized spacial score (nSPS) is 20.0. The monoisotopic (exact) mass is 358 g/mol. The van der Waals surface area contributed by atoms with E-state index in [0.29, 0.717) is 24.7 Å². The Kier molecular flexibility index (Phi) is 5.56. The highest BCUT2D eigenvalue weighted by molar-refractivity contribution is 5.78. The highest BCUT2D eigenvalue weighted by Gasteiger charge is 2.36.